The van der Waals surface area contributed by atoms with Gasteiger partial charge in [0.05, 0.1) is 24.5 Å². The molecule has 0 bridgehead atoms. The van der Waals surface area contributed by atoms with E-state index in [2.05, 4.69) is 34.8 Å². The zero-order valence-corrected chi connectivity index (χ0v) is 15.1. The van der Waals surface area contributed by atoms with Gasteiger partial charge in [-0.3, -0.25) is 9.48 Å². The van der Waals surface area contributed by atoms with Crippen molar-refractivity contribution in [1.82, 2.24) is 19.2 Å². The van der Waals surface area contributed by atoms with Gasteiger partial charge in [0.1, 0.15) is 0 Å². The summed E-state index contributed by atoms with van der Waals surface area (Å²) in [6.45, 7) is 4.83. The number of hydrogen-bond donors (Lipinski definition) is 1. The highest BCUT2D eigenvalue weighted by Crippen LogP contribution is 2.20. The van der Waals surface area contributed by atoms with Gasteiger partial charge in [-0.2, -0.15) is 5.10 Å². The lowest BCUT2D eigenvalue weighted by molar-refractivity contribution is -0.132. The van der Waals surface area contributed by atoms with Crippen LogP contribution in [0, 0.1) is 6.92 Å². The number of benzene rings is 1. The smallest absolute Gasteiger partial charge is 0.224 e. The molecular formula is C20H24N4O2. The highest BCUT2D eigenvalue weighted by molar-refractivity contribution is 5.81. The van der Waals surface area contributed by atoms with E-state index in [0.717, 1.165) is 25.2 Å². The van der Waals surface area contributed by atoms with Crippen molar-refractivity contribution >= 4 is 16.8 Å². The Bertz CT molecular complexity index is 941. The van der Waals surface area contributed by atoms with Crippen LogP contribution in [-0.4, -0.2) is 36.8 Å². The number of carbonyl (C=O) groups is 1. The minimum Gasteiger partial charge on any atom is -0.390 e. The van der Waals surface area contributed by atoms with Crippen molar-refractivity contribution in [2.75, 3.05) is 6.54 Å². The van der Waals surface area contributed by atoms with Crippen LogP contribution < -0.4 is 0 Å². The molecular weight excluding hydrogens is 328 g/mol. The molecule has 3 aromatic rings. The number of aromatic nitrogens is 3. The number of amides is 1. The Morgan fingerprint density at radius 1 is 1.23 bits per heavy atom. The zero-order chi connectivity index (χ0) is 18.1. The van der Waals surface area contributed by atoms with Gasteiger partial charge in [0.2, 0.25) is 5.91 Å². The normalized spacial score (nSPS) is 14.5. The van der Waals surface area contributed by atoms with Gasteiger partial charge in [-0.15, -0.1) is 0 Å². The average Bonchev–Trinajstić information content (AvgIpc) is 3.12. The number of aryl methyl sites for hydroxylation is 3. The highest BCUT2D eigenvalue weighted by atomic mass is 16.3. The molecule has 2 aromatic heterocycles. The molecule has 0 radical (unpaired) electrons. The van der Waals surface area contributed by atoms with Gasteiger partial charge >= 0.3 is 0 Å². The van der Waals surface area contributed by atoms with E-state index in [4.69, 9.17) is 0 Å². The Kier molecular flexibility index (Phi) is 4.51. The van der Waals surface area contributed by atoms with Gasteiger partial charge in [-0.1, -0.05) is 18.2 Å². The molecule has 1 aromatic carbocycles. The summed E-state index contributed by atoms with van der Waals surface area (Å²) in [7, 11) is 0. The second-order valence-electron chi connectivity index (χ2n) is 6.92. The first-order valence-corrected chi connectivity index (χ1v) is 9.15. The van der Waals surface area contributed by atoms with Crippen LogP contribution >= 0.6 is 0 Å². The standard InChI is InChI=1S/C20H24N4O2/c1-15-11-16-5-2-3-6-19(16)23(15)10-7-20(26)22-8-4-9-24-18(13-22)12-17(14-25)21-24/h2-3,5-6,11-12,25H,4,7-10,13-14H2,1H3. The molecule has 0 fully saturated rings. The molecule has 0 saturated carbocycles. The van der Waals surface area contributed by atoms with Crippen molar-refractivity contribution in [3.05, 3.63) is 53.5 Å². The second kappa shape index (κ2) is 6.96. The van der Waals surface area contributed by atoms with E-state index in [1.54, 1.807) is 0 Å². The number of aliphatic hydroxyl groups excluding tert-OH is 1. The predicted molar refractivity (Wildman–Crippen MR) is 99.5 cm³/mol. The molecule has 6 nitrogen and oxygen atoms in total. The highest BCUT2D eigenvalue weighted by Gasteiger charge is 2.20. The summed E-state index contributed by atoms with van der Waals surface area (Å²) in [4.78, 5) is 14.7. The largest absolute Gasteiger partial charge is 0.390 e. The van der Waals surface area contributed by atoms with Gasteiger partial charge in [0.15, 0.2) is 0 Å². The summed E-state index contributed by atoms with van der Waals surface area (Å²) in [6.07, 6.45) is 1.37. The summed E-state index contributed by atoms with van der Waals surface area (Å²) in [5.74, 6) is 0.169. The van der Waals surface area contributed by atoms with Crippen LogP contribution in [0.25, 0.3) is 10.9 Å². The van der Waals surface area contributed by atoms with Crippen molar-refractivity contribution in [3.63, 3.8) is 0 Å². The summed E-state index contributed by atoms with van der Waals surface area (Å²) >= 11 is 0. The average molecular weight is 352 g/mol. The lowest BCUT2D eigenvalue weighted by Gasteiger charge is -2.20. The third-order valence-electron chi connectivity index (χ3n) is 5.15. The molecule has 0 spiro atoms. The minimum absolute atomic E-state index is 0.0616. The van der Waals surface area contributed by atoms with Crippen LogP contribution in [0.1, 0.15) is 29.9 Å². The molecule has 0 saturated heterocycles. The maximum atomic E-state index is 12.8. The Balaban J connectivity index is 1.47. The van der Waals surface area contributed by atoms with E-state index in [9.17, 15) is 9.90 Å². The van der Waals surface area contributed by atoms with Crippen molar-refractivity contribution in [2.45, 2.75) is 46.0 Å². The fourth-order valence-corrected chi connectivity index (χ4v) is 3.82. The van der Waals surface area contributed by atoms with Crippen LogP contribution in [-0.2, 0) is 31.0 Å². The molecule has 6 heteroatoms. The van der Waals surface area contributed by atoms with Crippen molar-refractivity contribution < 1.29 is 9.90 Å². The molecule has 3 heterocycles. The lowest BCUT2D eigenvalue weighted by atomic mass is 10.2. The molecule has 4 rings (SSSR count). The van der Waals surface area contributed by atoms with Gasteiger partial charge in [-0.25, -0.2) is 0 Å². The Hall–Kier alpha value is -2.60. The Morgan fingerprint density at radius 2 is 2.08 bits per heavy atom. The van der Waals surface area contributed by atoms with E-state index in [-0.39, 0.29) is 12.5 Å². The van der Waals surface area contributed by atoms with Crippen molar-refractivity contribution in [1.29, 1.82) is 0 Å². The fourth-order valence-electron chi connectivity index (χ4n) is 3.82. The SMILES string of the molecule is Cc1cc2ccccc2n1CCC(=O)N1CCCn2nc(CO)cc2C1. The number of nitrogens with zero attached hydrogens (tertiary/aromatic N) is 4. The fraction of sp³-hybridized carbons (Fsp3) is 0.400. The maximum Gasteiger partial charge on any atom is 0.224 e. The van der Waals surface area contributed by atoms with Crippen LogP contribution in [0.3, 0.4) is 0 Å². The first-order valence-electron chi connectivity index (χ1n) is 9.15. The van der Waals surface area contributed by atoms with E-state index in [0.29, 0.717) is 25.2 Å². The number of aliphatic hydroxyl groups is 1. The topological polar surface area (TPSA) is 63.3 Å². The molecule has 0 aliphatic carbocycles. The minimum atomic E-state index is -0.0616. The van der Waals surface area contributed by atoms with Gasteiger partial charge in [0.25, 0.3) is 0 Å². The second-order valence-corrected chi connectivity index (χ2v) is 6.92. The van der Waals surface area contributed by atoms with E-state index in [1.165, 1.54) is 16.6 Å². The summed E-state index contributed by atoms with van der Waals surface area (Å²) in [5.41, 5.74) is 4.03. The molecule has 136 valence electrons. The third kappa shape index (κ3) is 3.12. The summed E-state index contributed by atoms with van der Waals surface area (Å²) in [6, 6.07) is 12.4. The quantitative estimate of drug-likeness (QED) is 0.784. The van der Waals surface area contributed by atoms with E-state index >= 15 is 0 Å². The van der Waals surface area contributed by atoms with E-state index in [1.807, 2.05) is 27.8 Å². The number of para-hydroxylation sites is 1. The molecule has 26 heavy (non-hydrogen) atoms. The van der Waals surface area contributed by atoms with E-state index < -0.39 is 0 Å². The number of rotatable bonds is 4. The van der Waals surface area contributed by atoms with Crippen molar-refractivity contribution in [3.8, 4) is 0 Å². The monoisotopic (exact) mass is 352 g/mol. The predicted octanol–water partition coefficient (Wildman–Crippen LogP) is 2.46. The lowest BCUT2D eigenvalue weighted by Crippen LogP contribution is -2.31. The summed E-state index contributed by atoms with van der Waals surface area (Å²) < 4.78 is 4.14. The zero-order valence-electron chi connectivity index (χ0n) is 15.1. The molecule has 1 aliphatic heterocycles. The van der Waals surface area contributed by atoms with Crippen LogP contribution in [0.15, 0.2) is 36.4 Å². The first-order chi connectivity index (χ1) is 12.7. The van der Waals surface area contributed by atoms with Crippen LogP contribution in [0.4, 0.5) is 0 Å². The van der Waals surface area contributed by atoms with Gasteiger partial charge in [-0.05, 0) is 36.9 Å². The van der Waals surface area contributed by atoms with Crippen molar-refractivity contribution in [2.24, 2.45) is 0 Å². The van der Waals surface area contributed by atoms with Gasteiger partial charge in [0, 0.05) is 37.3 Å². The maximum absolute atomic E-state index is 12.8. The number of hydrogen-bond acceptors (Lipinski definition) is 3. The molecule has 1 aliphatic rings. The van der Waals surface area contributed by atoms with Gasteiger partial charge < -0.3 is 14.6 Å². The number of fused-ring (bicyclic) bond motifs is 2. The first kappa shape index (κ1) is 16.8. The molecule has 1 N–H and O–H groups in total. The van der Waals surface area contributed by atoms with Crippen LogP contribution in [0.2, 0.25) is 0 Å². The van der Waals surface area contributed by atoms with Crippen LogP contribution in [0.5, 0.6) is 0 Å². The summed E-state index contributed by atoms with van der Waals surface area (Å²) in [5, 5.41) is 14.9. The third-order valence-corrected chi connectivity index (χ3v) is 5.15. The molecule has 0 unspecified atom stereocenters. The Labute approximate surface area is 152 Å². The molecule has 0 atom stereocenters. The Morgan fingerprint density at radius 3 is 2.92 bits per heavy atom. The number of carbonyl (C=O) groups excluding carboxylic acids is 1. The molecule has 1 amide bonds.